The van der Waals surface area contributed by atoms with Crippen LogP contribution in [-0.2, 0) is 19.1 Å². The second kappa shape index (κ2) is 5.86. The topological polar surface area (TPSA) is 55.5 Å². The van der Waals surface area contributed by atoms with Crippen LogP contribution in [-0.4, -0.2) is 33.2 Å². The van der Waals surface area contributed by atoms with Crippen molar-refractivity contribution in [2.24, 2.45) is 0 Å². The van der Waals surface area contributed by atoms with Gasteiger partial charge in [0, 0.05) is 30.4 Å². The van der Waals surface area contributed by atoms with E-state index in [1.807, 2.05) is 23.1 Å². The first kappa shape index (κ1) is 16.6. The van der Waals surface area contributed by atoms with Gasteiger partial charge in [-0.2, -0.15) is 22.7 Å². The number of ether oxygens (including phenoxy) is 1. The number of benzene rings is 1. The summed E-state index contributed by atoms with van der Waals surface area (Å²) in [5.41, 5.74) is 2.79. The minimum Gasteiger partial charge on any atom is -0.496 e. The van der Waals surface area contributed by atoms with Crippen LogP contribution in [0, 0.1) is 6.92 Å². The monoisotopic (exact) mass is 363 g/mol. The summed E-state index contributed by atoms with van der Waals surface area (Å²) >= 11 is 0. The predicted molar refractivity (Wildman–Crippen MR) is 88.3 cm³/mol. The van der Waals surface area contributed by atoms with Crippen LogP contribution in [0.4, 0.5) is 19.0 Å². The van der Waals surface area contributed by atoms with Gasteiger partial charge in [0.25, 0.3) is 11.6 Å². The molecule has 3 aromatic rings. The van der Waals surface area contributed by atoms with Crippen LogP contribution >= 0.6 is 0 Å². The number of alkyl halides is 3. The van der Waals surface area contributed by atoms with Gasteiger partial charge < -0.3 is 9.64 Å². The van der Waals surface area contributed by atoms with Gasteiger partial charge in [0.15, 0.2) is 0 Å². The molecule has 9 heteroatoms. The fourth-order valence-electron chi connectivity index (χ4n) is 3.27. The van der Waals surface area contributed by atoms with Gasteiger partial charge in [-0.1, -0.05) is 12.1 Å². The fraction of sp³-hybridized carbons (Fsp3) is 0.353. The van der Waals surface area contributed by atoms with E-state index in [1.54, 1.807) is 20.1 Å². The highest BCUT2D eigenvalue weighted by molar-refractivity contribution is 5.52. The second-order valence-corrected chi connectivity index (χ2v) is 6.17. The van der Waals surface area contributed by atoms with E-state index in [9.17, 15) is 13.2 Å². The van der Waals surface area contributed by atoms with Gasteiger partial charge in [-0.3, -0.25) is 0 Å². The SMILES string of the molecule is COc1cccc2c1CCN(c1cc(C)nc3nc(C(F)(F)F)nn13)C2. The molecule has 0 unspecified atom stereocenters. The van der Waals surface area contributed by atoms with Crippen molar-refractivity contribution in [2.75, 3.05) is 18.6 Å². The summed E-state index contributed by atoms with van der Waals surface area (Å²) in [6.45, 7) is 2.91. The lowest BCUT2D eigenvalue weighted by molar-refractivity contribution is -0.144. The molecule has 26 heavy (non-hydrogen) atoms. The van der Waals surface area contributed by atoms with Gasteiger partial charge in [0.05, 0.1) is 7.11 Å². The van der Waals surface area contributed by atoms with Crippen molar-refractivity contribution < 1.29 is 17.9 Å². The smallest absolute Gasteiger partial charge is 0.453 e. The molecular formula is C17H16F3N5O. The number of hydrogen-bond acceptors (Lipinski definition) is 5. The maximum absolute atomic E-state index is 13.0. The summed E-state index contributed by atoms with van der Waals surface area (Å²) in [5.74, 6) is 0.141. The molecule has 0 radical (unpaired) electrons. The van der Waals surface area contributed by atoms with E-state index in [0.29, 0.717) is 24.6 Å². The molecule has 0 saturated carbocycles. The molecule has 0 atom stereocenters. The standard InChI is InChI=1S/C17H16F3N5O/c1-10-8-14(25-16(21-10)22-15(23-25)17(18,19)20)24-7-6-12-11(9-24)4-3-5-13(12)26-2/h3-5,8H,6-7,9H2,1-2H3. The number of hydrogen-bond donors (Lipinski definition) is 0. The van der Waals surface area contributed by atoms with Crippen molar-refractivity contribution in [2.45, 2.75) is 26.1 Å². The van der Waals surface area contributed by atoms with Gasteiger partial charge in [-0.15, -0.1) is 5.10 Å². The molecule has 1 aromatic carbocycles. The number of methoxy groups -OCH3 is 1. The molecule has 0 spiro atoms. The van der Waals surface area contributed by atoms with Crippen molar-refractivity contribution in [1.29, 1.82) is 0 Å². The zero-order valence-electron chi connectivity index (χ0n) is 14.2. The maximum Gasteiger partial charge on any atom is 0.453 e. The highest BCUT2D eigenvalue weighted by Crippen LogP contribution is 2.32. The average molecular weight is 363 g/mol. The Balaban J connectivity index is 1.78. The van der Waals surface area contributed by atoms with E-state index in [1.165, 1.54) is 4.52 Å². The number of halogens is 3. The molecule has 0 fully saturated rings. The molecule has 0 aliphatic carbocycles. The number of aryl methyl sites for hydroxylation is 1. The van der Waals surface area contributed by atoms with E-state index in [4.69, 9.17) is 4.74 Å². The molecule has 3 heterocycles. The molecule has 0 bridgehead atoms. The summed E-state index contributed by atoms with van der Waals surface area (Å²) < 4.78 is 45.5. The van der Waals surface area contributed by atoms with Crippen LogP contribution in [0.15, 0.2) is 24.3 Å². The Morgan fingerprint density at radius 2 is 2.00 bits per heavy atom. The molecule has 6 nitrogen and oxygen atoms in total. The molecule has 0 N–H and O–H groups in total. The lowest BCUT2D eigenvalue weighted by Gasteiger charge is -2.31. The van der Waals surface area contributed by atoms with Gasteiger partial charge in [0.1, 0.15) is 11.6 Å². The first-order valence-corrected chi connectivity index (χ1v) is 8.08. The number of fused-ring (bicyclic) bond motifs is 2. The number of rotatable bonds is 2. The minimum atomic E-state index is -4.61. The molecule has 2 aromatic heterocycles. The number of nitrogens with zero attached hydrogens (tertiary/aromatic N) is 5. The Kier molecular flexibility index (Phi) is 3.74. The first-order chi connectivity index (χ1) is 12.4. The second-order valence-electron chi connectivity index (χ2n) is 6.17. The number of aromatic nitrogens is 4. The molecule has 4 rings (SSSR count). The van der Waals surface area contributed by atoms with Crippen molar-refractivity contribution in [3.63, 3.8) is 0 Å². The Morgan fingerprint density at radius 3 is 2.73 bits per heavy atom. The van der Waals surface area contributed by atoms with E-state index < -0.39 is 12.0 Å². The van der Waals surface area contributed by atoms with Gasteiger partial charge in [-0.25, -0.2) is 4.98 Å². The van der Waals surface area contributed by atoms with Crippen LogP contribution in [0.2, 0.25) is 0 Å². The van der Waals surface area contributed by atoms with Gasteiger partial charge >= 0.3 is 6.18 Å². The third-order valence-corrected chi connectivity index (χ3v) is 4.44. The lowest BCUT2D eigenvalue weighted by atomic mass is 9.98. The molecule has 0 amide bonds. The summed E-state index contributed by atoms with van der Waals surface area (Å²) in [6, 6.07) is 7.55. The van der Waals surface area contributed by atoms with Crippen molar-refractivity contribution in [3.8, 4) is 5.75 Å². The van der Waals surface area contributed by atoms with Crippen molar-refractivity contribution in [3.05, 3.63) is 46.9 Å². The quantitative estimate of drug-likeness (QED) is 0.701. The van der Waals surface area contributed by atoms with E-state index >= 15 is 0 Å². The maximum atomic E-state index is 13.0. The molecule has 136 valence electrons. The highest BCUT2D eigenvalue weighted by Gasteiger charge is 2.37. The van der Waals surface area contributed by atoms with Gasteiger partial charge in [-0.05, 0) is 25.0 Å². The zero-order valence-corrected chi connectivity index (χ0v) is 14.2. The predicted octanol–water partition coefficient (Wildman–Crippen LogP) is 3.02. The summed E-state index contributed by atoms with van der Waals surface area (Å²) in [7, 11) is 1.63. The summed E-state index contributed by atoms with van der Waals surface area (Å²) in [5, 5.41) is 3.64. The molecule has 1 aliphatic rings. The largest absolute Gasteiger partial charge is 0.496 e. The Hall–Kier alpha value is -2.84. The third kappa shape index (κ3) is 2.73. The van der Waals surface area contributed by atoms with Crippen LogP contribution < -0.4 is 9.64 Å². The Morgan fingerprint density at radius 1 is 1.19 bits per heavy atom. The normalized spacial score (nSPS) is 14.6. The summed E-state index contributed by atoms with van der Waals surface area (Å²) in [4.78, 5) is 9.61. The van der Waals surface area contributed by atoms with Gasteiger partial charge in [0.2, 0.25) is 0 Å². The average Bonchev–Trinajstić information content (AvgIpc) is 3.04. The Bertz CT molecular complexity index is 982. The lowest BCUT2D eigenvalue weighted by Crippen LogP contribution is -2.32. The van der Waals surface area contributed by atoms with Crippen molar-refractivity contribution >= 4 is 11.6 Å². The molecule has 1 aliphatic heterocycles. The van der Waals surface area contributed by atoms with Crippen LogP contribution in [0.1, 0.15) is 22.6 Å². The van der Waals surface area contributed by atoms with Crippen LogP contribution in [0.5, 0.6) is 5.75 Å². The minimum absolute atomic E-state index is 0.0521. The van der Waals surface area contributed by atoms with Crippen LogP contribution in [0.25, 0.3) is 5.78 Å². The first-order valence-electron chi connectivity index (χ1n) is 8.08. The van der Waals surface area contributed by atoms with E-state index in [2.05, 4.69) is 15.1 Å². The van der Waals surface area contributed by atoms with Crippen molar-refractivity contribution in [1.82, 2.24) is 19.6 Å². The molecule has 0 saturated heterocycles. The zero-order chi connectivity index (χ0) is 18.5. The van der Waals surface area contributed by atoms with E-state index in [-0.39, 0.29) is 5.78 Å². The van der Waals surface area contributed by atoms with E-state index in [0.717, 1.165) is 23.3 Å². The number of anilines is 1. The Labute approximate surface area is 147 Å². The fourth-order valence-corrected chi connectivity index (χ4v) is 3.27. The highest BCUT2D eigenvalue weighted by atomic mass is 19.4. The molecular weight excluding hydrogens is 347 g/mol. The third-order valence-electron chi connectivity index (χ3n) is 4.44. The van der Waals surface area contributed by atoms with Crippen LogP contribution in [0.3, 0.4) is 0 Å². The summed E-state index contributed by atoms with van der Waals surface area (Å²) in [6.07, 6.45) is -3.89.